The molecule has 0 radical (unpaired) electrons. The van der Waals surface area contributed by atoms with Crippen LogP contribution in [0.2, 0.25) is 0 Å². The quantitative estimate of drug-likeness (QED) is 0.807. The second-order valence-electron chi connectivity index (χ2n) is 6.26. The number of carbonyl (C=O) groups is 1. The predicted molar refractivity (Wildman–Crippen MR) is 89.5 cm³/mol. The molecule has 0 fully saturated rings. The average Bonchev–Trinajstić information content (AvgIpc) is 2.92. The second-order valence-corrected chi connectivity index (χ2v) is 7.55. The molecule has 1 unspecified atom stereocenters. The monoisotopic (exact) mass is 312 g/mol. The molecule has 1 aromatic carbocycles. The van der Waals surface area contributed by atoms with E-state index in [9.17, 15) is 4.79 Å². The van der Waals surface area contributed by atoms with E-state index in [2.05, 4.69) is 30.1 Å². The highest BCUT2D eigenvalue weighted by atomic mass is 32.1. The first-order valence-electron chi connectivity index (χ1n) is 8.07. The third kappa shape index (κ3) is 2.35. The highest BCUT2D eigenvalue weighted by molar-refractivity contribution is 7.11. The number of hydrogen-bond donors (Lipinski definition) is 0. The summed E-state index contributed by atoms with van der Waals surface area (Å²) in [6, 6.07) is 8.35. The van der Waals surface area contributed by atoms with Crippen LogP contribution in [0.25, 0.3) is 0 Å². The van der Waals surface area contributed by atoms with Crippen molar-refractivity contribution in [2.75, 3.05) is 11.4 Å². The number of thiazole rings is 1. The van der Waals surface area contributed by atoms with Gasteiger partial charge in [0.05, 0.1) is 10.7 Å². The Morgan fingerprint density at radius 1 is 1.32 bits per heavy atom. The Morgan fingerprint density at radius 2 is 2.18 bits per heavy atom. The van der Waals surface area contributed by atoms with E-state index in [1.165, 1.54) is 16.1 Å². The first kappa shape index (κ1) is 13.9. The second kappa shape index (κ2) is 5.51. The van der Waals surface area contributed by atoms with Gasteiger partial charge in [-0.3, -0.25) is 4.79 Å². The van der Waals surface area contributed by atoms with E-state index >= 15 is 0 Å². The molecule has 2 aromatic rings. The Hall–Kier alpha value is -1.68. The molecule has 1 atom stereocenters. The molecule has 0 bridgehead atoms. The van der Waals surface area contributed by atoms with Gasteiger partial charge in [0.1, 0.15) is 0 Å². The van der Waals surface area contributed by atoms with E-state index in [0.29, 0.717) is 5.91 Å². The van der Waals surface area contributed by atoms with Crippen molar-refractivity contribution >= 4 is 22.9 Å². The number of benzene rings is 1. The number of rotatable bonds is 1. The van der Waals surface area contributed by atoms with Crippen LogP contribution in [0.5, 0.6) is 0 Å². The van der Waals surface area contributed by atoms with Gasteiger partial charge in [-0.25, -0.2) is 4.98 Å². The van der Waals surface area contributed by atoms with E-state index in [-0.39, 0.29) is 5.92 Å². The van der Waals surface area contributed by atoms with Crippen molar-refractivity contribution in [3.8, 4) is 0 Å². The average molecular weight is 312 g/mol. The molecule has 1 aliphatic carbocycles. The topological polar surface area (TPSA) is 33.2 Å². The predicted octanol–water partition coefficient (Wildman–Crippen LogP) is 3.54. The number of hydrogen-bond acceptors (Lipinski definition) is 3. The number of nitrogens with zero attached hydrogens (tertiary/aromatic N) is 2. The SMILES string of the molecule is Cc1nc2c(s1)CC(C(=O)N1CCCc3ccccc31)CC2. The van der Waals surface area contributed by atoms with Gasteiger partial charge in [0.25, 0.3) is 0 Å². The normalized spacial score (nSPS) is 20.4. The highest BCUT2D eigenvalue weighted by Crippen LogP contribution is 2.34. The largest absolute Gasteiger partial charge is 0.312 e. The lowest BCUT2D eigenvalue weighted by Crippen LogP contribution is -2.41. The molecular formula is C18H20N2OS. The van der Waals surface area contributed by atoms with E-state index in [4.69, 9.17) is 0 Å². The van der Waals surface area contributed by atoms with Gasteiger partial charge in [0, 0.05) is 23.0 Å². The summed E-state index contributed by atoms with van der Waals surface area (Å²) in [5.41, 5.74) is 3.67. The molecular weight excluding hydrogens is 292 g/mol. The Kier molecular flexibility index (Phi) is 3.49. The summed E-state index contributed by atoms with van der Waals surface area (Å²) in [4.78, 5) is 21.0. The number of aryl methyl sites for hydroxylation is 3. The van der Waals surface area contributed by atoms with Gasteiger partial charge in [-0.05, 0) is 50.7 Å². The van der Waals surface area contributed by atoms with Crippen molar-refractivity contribution in [2.45, 2.75) is 39.0 Å². The summed E-state index contributed by atoms with van der Waals surface area (Å²) in [6.07, 6.45) is 4.92. The molecule has 22 heavy (non-hydrogen) atoms. The third-order valence-corrected chi connectivity index (χ3v) is 5.81. The Bertz CT molecular complexity index is 722. The summed E-state index contributed by atoms with van der Waals surface area (Å²) in [7, 11) is 0. The number of anilines is 1. The molecule has 0 saturated carbocycles. The van der Waals surface area contributed by atoms with Gasteiger partial charge < -0.3 is 4.90 Å². The van der Waals surface area contributed by atoms with Crippen molar-refractivity contribution < 1.29 is 4.79 Å². The minimum atomic E-state index is 0.124. The van der Waals surface area contributed by atoms with E-state index < -0.39 is 0 Å². The van der Waals surface area contributed by atoms with Gasteiger partial charge in [0.15, 0.2) is 0 Å². The fraction of sp³-hybridized carbons (Fsp3) is 0.444. The number of aromatic nitrogens is 1. The van der Waals surface area contributed by atoms with Crippen molar-refractivity contribution in [2.24, 2.45) is 5.92 Å². The van der Waals surface area contributed by atoms with Crippen LogP contribution in [0, 0.1) is 12.8 Å². The lowest BCUT2D eigenvalue weighted by molar-refractivity contribution is -0.122. The molecule has 0 spiro atoms. The summed E-state index contributed by atoms with van der Waals surface area (Å²) in [5.74, 6) is 0.433. The Labute approximate surface area is 135 Å². The first-order chi connectivity index (χ1) is 10.7. The molecule has 114 valence electrons. The Morgan fingerprint density at radius 3 is 3.09 bits per heavy atom. The molecule has 2 heterocycles. The van der Waals surface area contributed by atoms with Gasteiger partial charge in [0.2, 0.25) is 5.91 Å². The van der Waals surface area contributed by atoms with Crippen molar-refractivity contribution in [1.82, 2.24) is 4.98 Å². The third-order valence-electron chi connectivity index (χ3n) is 4.77. The van der Waals surface area contributed by atoms with Crippen LogP contribution >= 0.6 is 11.3 Å². The zero-order chi connectivity index (χ0) is 15.1. The van der Waals surface area contributed by atoms with Crippen LogP contribution in [0.1, 0.15) is 34.0 Å². The van der Waals surface area contributed by atoms with Gasteiger partial charge >= 0.3 is 0 Å². The Balaban J connectivity index is 1.58. The zero-order valence-corrected chi connectivity index (χ0v) is 13.7. The smallest absolute Gasteiger partial charge is 0.230 e. The van der Waals surface area contributed by atoms with E-state index in [0.717, 1.165) is 49.3 Å². The maximum Gasteiger partial charge on any atom is 0.230 e. The maximum absolute atomic E-state index is 13.0. The number of fused-ring (bicyclic) bond motifs is 2. The molecule has 3 nitrogen and oxygen atoms in total. The highest BCUT2D eigenvalue weighted by Gasteiger charge is 2.32. The molecule has 0 saturated heterocycles. The van der Waals surface area contributed by atoms with Crippen LogP contribution in [0.4, 0.5) is 5.69 Å². The van der Waals surface area contributed by atoms with Crippen molar-refractivity contribution in [3.05, 3.63) is 45.4 Å². The van der Waals surface area contributed by atoms with Gasteiger partial charge in [-0.15, -0.1) is 11.3 Å². The summed E-state index contributed by atoms with van der Waals surface area (Å²) in [5, 5.41) is 1.13. The molecule has 1 aromatic heterocycles. The maximum atomic E-state index is 13.0. The lowest BCUT2D eigenvalue weighted by Gasteiger charge is -2.33. The first-order valence-corrected chi connectivity index (χ1v) is 8.88. The summed E-state index contributed by atoms with van der Waals surface area (Å²) in [6.45, 7) is 2.92. The van der Waals surface area contributed by atoms with Crippen LogP contribution in [0.3, 0.4) is 0 Å². The minimum absolute atomic E-state index is 0.124. The standard InChI is InChI=1S/C18H20N2OS/c1-12-19-15-9-8-14(11-17(15)22-12)18(21)20-10-4-6-13-5-2-3-7-16(13)20/h2-3,5,7,14H,4,6,8-11H2,1H3. The fourth-order valence-corrected chi connectivity index (χ4v) is 4.76. The lowest BCUT2D eigenvalue weighted by atomic mass is 9.89. The van der Waals surface area contributed by atoms with E-state index in [1.807, 2.05) is 11.0 Å². The molecule has 1 aliphatic heterocycles. The van der Waals surface area contributed by atoms with Crippen molar-refractivity contribution in [3.63, 3.8) is 0 Å². The molecule has 4 rings (SSSR count). The number of para-hydroxylation sites is 1. The number of amides is 1. The van der Waals surface area contributed by atoms with Crippen LogP contribution < -0.4 is 4.90 Å². The van der Waals surface area contributed by atoms with Crippen LogP contribution in [0.15, 0.2) is 24.3 Å². The summed E-state index contributed by atoms with van der Waals surface area (Å²) >= 11 is 1.76. The molecule has 1 amide bonds. The number of carbonyl (C=O) groups excluding carboxylic acids is 1. The van der Waals surface area contributed by atoms with Crippen LogP contribution in [-0.2, 0) is 24.1 Å². The fourth-order valence-electron chi connectivity index (χ4n) is 3.70. The van der Waals surface area contributed by atoms with Crippen LogP contribution in [-0.4, -0.2) is 17.4 Å². The summed E-state index contributed by atoms with van der Waals surface area (Å²) < 4.78 is 0. The van der Waals surface area contributed by atoms with Gasteiger partial charge in [-0.2, -0.15) is 0 Å². The zero-order valence-electron chi connectivity index (χ0n) is 12.8. The minimum Gasteiger partial charge on any atom is -0.312 e. The molecule has 0 N–H and O–H groups in total. The van der Waals surface area contributed by atoms with E-state index in [1.54, 1.807) is 11.3 Å². The molecule has 2 aliphatic rings. The van der Waals surface area contributed by atoms with Gasteiger partial charge in [-0.1, -0.05) is 18.2 Å². The van der Waals surface area contributed by atoms with Crippen molar-refractivity contribution in [1.29, 1.82) is 0 Å². The molecule has 4 heteroatoms.